The van der Waals surface area contributed by atoms with Crippen LogP contribution in [-0.2, 0) is 11.2 Å². The van der Waals surface area contributed by atoms with Crippen LogP contribution >= 0.6 is 27.5 Å². The first-order chi connectivity index (χ1) is 9.71. The highest BCUT2D eigenvalue weighted by molar-refractivity contribution is 9.10. The van der Waals surface area contributed by atoms with Crippen LogP contribution in [0.4, 0.5) is 0 Å². The van der Waals surface area contributed by atoms with Crippen molar-refractivity contribution in [2.75, 3.05) is 19.6 Å². The van der Waals surface area contributed by atoms with Crippen LogP contribution in [0.25, 0.3) is 11.0 Å². The Balaban J connectivity index is 2.53. The Morgan fingerprint density at radius 1 is 1.45 bits per heavy atom. The molecule has 3 nitrogen and oxygen atoms in total. The minimum Gasteiger partial charge on any atom is -0.383 e. The third kappa shape index (κ3) is 3.35. The molecule has 2 rings (SSSR count). The first-order valence-electron chi connectivity index (χ1n) is 6.92. The molecular formula is C15H20BrClN2O. The number of aryl methyl sites for hydroxylation is 1. The zero-order chi connectivity index (χ0) is 14.5. The second-order valence-corrected chi connectivity index (χ2v) is 6.16. The number of ether oxygens (including phenoxy) is 1. The third-order valence-electron chi connectivity index (χ3n) is 3.39. The van der Waals surface area contributed by atoms with Gasteiger partial charge in [-0.3, -0.25) is 0 Å². The molecule has 2 aromatic rings. The topological polar surface area (TPSA) is 27.1 Å². The molecule has 0 aliphatic heterocycles. The van der Waals surface area contributed by atoms with Gasteiger partial charge in [-0.1, -0.05) is 29.3 Å². The average molecular weight is 360 g/mol. The molecule has 0 radical (unpaired) electrons. The van der Waals surface area contributed by atoms with Gasteiger partial charge in [0.2, 0.25) is 0 Å². The van der Waals surface area contributed by atoms with Crippen molar-refractivity contribution in [3.05, 3.63) is 28.5 Å². The summed E-state index contributed by atoms with van der Waals surface area (Å²) in [6, 6.07) is 6.54. The number of methoxy groups -OCH3 is 1. The minimum absolute atomic E-state index is 0.314. The summed E-state index contributed by atoms with van der Waals surface area (Å²) in [4.78, 5) is 4.74. The SMILES string of the molecule is CCCC(COC)n1c(CCCl)nc2cc(Br)ccc21. The van der Waals surface area contributed by atoms with Gasteiger partial charge in [-0.05, 0) is 24.6 Å². The number of hydrogen-bond acceptors (Lipinski definition) is 2. The molecule has 0 saturated carbocycles. The Bertz CT molecular complexity index is 564. The Morgan fingerprint density at radius 3 is 2.90 bits per heavy atom. The van der Waals surface area contributed by atoms with Crippen LogP contribution < -0.4 is 0 Å². The average Bonchev–Trinajstić information content (AvgIpc) is 2.76. The number of nitrogens with zero attached hydrogens (tertiary/aromatic N) is 2. The molecule has 1 aromatic carbocycles. The summed E-state index contributed by atoms with van der Waals surface area (Å²) in [7, 11) is 1.75. The van der Waals surface area contributed by atoms with Crippen LogP contribution in [0, 0.1) is 0 Å². The van der Waals surface area contributed by atoms with Crippen molar-refractivity contribution < 1.29 is 4.74 Å². The van der Waals surface area contributed by atoms with Gasteiger partial charge in [0.15, 0.2) is 0 Å². The first-order valence-corrected chi connectivity index (χ1v) is 8.25. The smallest absolute Gasteiger partial charge is 0.111 e. The van der Waals surface area contributed by atoms with Gasteiger partial charge in [0.1, 0.15) is 5.82 Å². The van der Waals surface area contributed by atoms with Gasteiger partial charge in [0.25, 0.3) is 0 Å². The fourth-order valence-electron chi connectivity index (χ4n) is 2.60. The molecule has 1 heterocycles. The fraction of sp³-hybridized carbons (Fsp3) is 0.533. The Kier molecular flexibility index (Phi) is 5.87. The van der Waals surface area contributed by atoms with Gasteiger partial charge in [0.05, 0.1) is 23.7 Å². The maximum absolute atomic E-state index is 5.93. The highest BCUT2D eigenvalue weighted by Gasteiger charge is 2.18. The standard InChI is InChI=1S/C15H20BrClN2O/c1-3-4-12(10-20-2)19-14-6-5-11(16)9-13(14)18-15(19)7-8-17/h5-6,9,12H,3-4,7-8,10H2,1-2H3. The predicted molar refractivity (Wildman–Crippen MR) is 87.7 cm³/mol. The lowest BCUT2D eigenvalue weighted by Gasteiger charge is -2.20. The maximum atomic E-state index is 5.93. The van der Waals surface area contributed by atoms with Gasteiger partial charge in [0, 0.05) is 23.9 Å². The van der Waals surface area contributed by atoms with Crippen LogP contribution in [0.15, 0.2) is 22.7 Å². The van der Waals surface area contributed by atoms with Crippen LogP contribution in [0.1, 0.15) is 31.6 Å². The zero-order valence-corrected chi connectivity index (χ0v) is 14.2. The van der Waals surface area contributed by atoms with Crippen molar-refractivity contribution in [2.24, 2.45) is 0 Å². The van der Waals surface area contributed by atoms with E-state index >= 15 is 0 Å². The molecule has 0 amide bonds. The van der Waals surface area contributed by atoms with Crippen LogP contribution in [0.5, 0.6) is 0 Å². The molecule has 1 aromatic heterocycles. The lowest BCUT2D eigenvalue weighted by Crippen LogP contribution is -2.17. The van der Waals surface area contributed by atoms with E-state index in [1.54, 1.807) is 7.11 Å². The van der Waals surface area contributed by atoms with Gasteiger partial charge in [-0.2, -0.15) is 0 Å². The summed E-state index contributed by atoms with van der Waals surface area (Å²) < 4.78 is 8.75. The van der Waals surface area contributed by atoms with E-state index in [4.69, 9.17) is 21.3 Å². The number of benzene rings is 1. The summed E-state index contributed by atoms with van der Waals surface area (Å²) in [5.74, 6) is 1.62. The number of hydrogen-bond donors (Lipinski definition) is 0. The third-order valence-corrected chi connectivity index (χ3v) is 4.07. The quantitative estimate of drug-likeness (QED) is 0.677. The minimum atomic E-state index is 0.314. The Hall–Kier alpha value is -0.580. The van der Waals surface area contributed by atoms with E-state index in [9.17, 15) is 0 Å². The van der Waals surface area contributed by atoms with Crippen molar-refractivity contribution in [1.82, 2.24) is 9.55 Å². The zero-order valence-electron chi connectivity index (χ0n) is 11.9. The van der Waals surface area contributed by atoms with Crippen LogP contribution in [0.2, 0.25) is 0 Å². The molecular weight excluding hydrogens is 340 g/mol. The highest BCUT2D eigenvalue weighted by atomic mass is 79.9. The number of imidazole rings is 1. The largest absolute Gasteiger partial charge is 0.383 e. The molecule has 0 spiro atoms. The van der Waals surface area contributed by atoms with Gasteiger partial charge >= 0.3 is 0 Å². The summed E-state index contributed by atoms with van der Waals surface area (Å²) in [6.07, 6.45) is 2.97. The molecule has 1 unspecified atom stereocenters. The molecule has 110 valence electrons. The van der Waals surface area contributed by atoms with Gasteiger partial charge < -0.3 is 9.30 Å². The molecule has 0 saturated heterocycles. The van der Waals surface area contributed by atoms with E-state index < -0.39 is 0 Å². The van der Waals surface area contributed by atoms with E-state index in [0.29, 0.717) is 18.5 Å². The molecule has 20 heavy (non-hydrogen) atoms. The van der Waals surface area contributed by atoms with Crippen molar-refractivity contribution in [3.8, 4) is 0 Å². The first kappa shape index (κ1) is 15.8. The summed E-state index contributed by atoms with van der Waals surface area (Å²) >= 11 is 9.44. The lowest BCUT2D eigenvalue weighted by atomic mass is 10.1. The summed E-state index contributed by atoms with van der Waals surface area (Å²) in [5.41, 5.74) is 2.17. The molecule has 0 aliphatic rings. The fourth-order valence-corrected chi connectivity index (χ4v) is 3.12. The summed E-state index contributed by atoms with van der Waals surface area (Å²) in [6.45, 7) is 2.89. The van der Waals surface area contributed by atoms with E-state index in [1.807, 2.05) is 0 Å². The van der Waals surface area contributed by atoms with Gasteiger partial charge in [-0.15, -0.1) is 11.6 Å². The van der Waals surface area contributed by atoms with E-state index in [-0.39, 0.29) is 0 Å². The number of halogens is 2. The number of aromatic nitrogens is 2. The Morgan fingerprint density at radius 2 is 2.25 bits per heavy atom. The molecule has 1 atom stereocenters. The van der Waals surface area contributed by atoms with E-state index in [1.165, 1.54) is 0 Å². The predicted octanol–water partition coefficient (Wildman–Crippen LogP) is 4.57. The Labute approximate surface area is 133 Å². The van der Waals surface area contributed by atoms with Crippen LogP contribution in [-0.4, -0.2) is 29.1 Å². The number of rotatable bonds is 7. The van der Waals surface area contributed by atoms with Crippen LogP contribution in [0.3, 0.4) is 0 Å². The molecule has 0 N–H and O–H groups in total. The molecule has 0 aliphatic carbocycles. The molecule has 0 bridgehead atoms. The van der Waals surface area contributed by atoms with Crippen molar-refractivity contribution in [2.45, 2.75) is 32.2 Å². The monoisotopic (exact) mass is 358 g/mol. The number of fused-ring (bicyclic) bond motifs is 1. The van der Waals surface area contributed by atoms with Crippen molar-refractivity contribution >= 4 is 38.6 Å². The lowest BCUT2D eigenvalue weighted by molar-refractivity contribution is 0.151. The van der Waals surface area contributed by atoms with Crippen molar-refractivity contribution in [1.29, 1.82) is 0 Å². The molecule has 5 heteroatoms. The number of alkyl halides is 1. The van der Waals surface area contributed by atoms with E-state index in [2.05, 4.69) is 45.6 Å². The molecule has 0 fully saturated rings. The normalized spacial score (nSPS) is 13.0. The second-order valence-electron chi connectivity index (χ2n) is 4.87. The maximum Gasteiger partial charge on any atom is 0.111 e. The highest BCUT2D eigenvalue weighted by Crippen LogP contribution is 2.27. The van der Waals surface area contributed by atoms with E-state index in [0.717, 1.165) is 40.6 Å². The second kappa shape index (κ2) is 7.43. The van der Waals surface area contributed by atoms with Gasteiger partial charge in [-0.25, -0.2) is 4.98 Å². The summed E-state index contributed by atoms with van der Waals surface area (Å²) in [5, 5.41) is 0. The van der Waals surface area contributed by atoms with Crippen molar-refractivity contribution in [3.63, 3.8) is 0 Å².